The number of aryl methyl sites for hydroxylation is 1. The van der Waals surface area contributed by atoms with Crippen molar-refractivity contribution in [3.8, 4) is 0 Å². The molecule has 0 N–H and O–H groups in total. The third-order valence-corrected chi connectivity index (χ3v) is 3.22. The maximum atomic E-state index is 5.54. The van der Waals surface area contributed by atoms with Gasteiger partial charge in [-0.2, -0.15) is 11.8 Å². The van der Waals surface area contributed by atoms with Crippen molar-refractivity contribution in [1.29, 1.82) is 0 Å². The number of hydrogen-bond donors (Lipinski definition) is 0. The van der Waals surface area contributed by atoms with Gasteiger partial charge in [-0.3, -0.25) is 4.90 Å². The molecule has 2 rings (SSSR count). The first-order valence-electron chi connectivity index (χ1n) is 4.70. The fraction of sp³-hybridized carbons (Fsp3) is 0.600. The smallest absolute Gasteiger partial charge is 0.118 e. The molecule has 1 aromatic heterocycles. The van der Waals surface area contributed by atoms with Crippen LogP contribution in [0.25, 0.3) is 0 Å². The van der Waals surface area contributed by atoms with Crippen molar-refractivity contribution in [2.24, 2.45) is 0 Å². The summed E-state index contributed by atoms with van der Waals surface area (Å²) in [6, 6.07) is 4.12. The molecule has 2 nitrogen and oxygen atoms in total. The van der Waals surface area contributed by atoms with E-state index in [9.17, 15) is 0 Å². The van der Waals surface area contributed by atoms with E-state index in [4.69, 9.17) is 4.42 Å². The second-order valence-electron chi connectivity index (χ2n) is 3.40. The van der Waals surface area contributed by atoms with Crippen LogP contribution >= 0.6 is 11.8 Å². The van der Waals surface area contributed by atoms with Gasteiger partial charge in [0.05, 0.1) is 6.54 Å². The van der Waals surface area contributed by atoms with E-state index < -0.39 is 0 Å². The van der Waals surface area contributed by atoms with Crippen molar-refractivity contribution in [1.82, 2.24) is 4.90 Å². The first kappa shape index (κ1) is 9.16. The highest BCUT2D eigenvalue weighted by Gasteiger charge is 2.11. The molecular formula is C10H15NOS. The van der Waals surface area contributed by atoms with Crippen molar-refractivity contribution < 1.29 is 4.42 Å². The Morgan fingerprint density at radius 2 is 2.15 bits per heavy atom. The van der Waals surface area contributed by atoms with Crippen molar-refractivity contribution in [3.63, 3.8) is 0 Å². The predicted octanol–water partition coefficient (Wildman–Crippen LogP) is 2.14. The molecular weight excluding hydrogens is 182 g/mol. The van der Waals surface area contributed by atoms with E-state index in [1.165, 1.54) is 24.6 Å². The summed E-state index contributed by atoms with van der Waals surface area (Å²) in [6.45, 7) is 5.37. The van der Waals surface area contributed by atoms with Gasteiger partial charge < -0.3 is 4.42 Å². The molecule has 1 saturated heterocycles. The Bertz CT molecular complexity index is 266. The highest BCUT2D eigenvalue weighted by molar-refractivity contribution is 7.99. The zero-order valence-electron chi connectivity index (χ0n) is 7.95. The van der Waals surface area contributed by atoms with Crippen LogP contribution in [0.4, 0.5) is 0 Å². The van der Waals surface area contributed by atoms with Gasteiger partial charge in [0, 0.05) is 24.6 Å². The Morgan fingerprint density at radius 1 is 1.38 bits per heavy atom. The molecule has 0 amide bonds. The van der Waals surface area contributed by atoms with Crippen LogP contribution in [0, 0.1) is 6.92 Å². The summed E-state index contributed by atoms with van der Waals surface area (Å²) in [6.07, 6.45) is 0. The molecule has 1 aliphatic heterocycles. The standard InChI is InChI=1S/C10H15NOS/c1-9-2-3-10(12-9)8-11-4-6-13-7-5-11/h2-3H,4-8H2,1H3. The lowest BCUT2D eigenvalue weighted by Gasteiger charge is -2.24. The number of rotatable bonds is 2. The molecule has 2 heterocycles. The highest BCUT2D eigenvalue weighted by Crippen LogP contribution is 2.14. The molecule has 0 unspecified atom stereocenters. The van der Waals surface area contributed by atoms with Gasteiger partial charge in [0.2, 0.25) is 0 Å². The lowest BCUT2D eigenvalue weighted by molar-refractivity contribution is 0.266. The fourth-order valence-corrected chi connectivity index (χ4v) is 2.53. The summed E-state index contributed by atoms with van der Waals surface area (Å²) in [5.41, 5.74) is 0. The second-order valence-corrected chi connectivity index (χ2v) is 4.63. The van der Waals surface area contributed by atoms with Gasteiger partial charge in [-0.1, -0.05) is 0 Å². The SMILES string of the molecule is Cc1ccc(CN2CCSCC2)o1. The summed E-state index contributed by atoms with van der Waals surface area (Å²) < 4.78 is 5.54. The van der Waals surface area contributed by atoms with E-state index in [0.717, 1.165) is 18.1 Å². The maximum Gasteiger partial charge on any atom is 0.118 e. The van der Waals surface area contributed by atoms with Gasteiger partial charge >= 0.3 is 0 Å². The van der Waals surface area contributed by atoms with Crippen LogP contribution in [0.2, 0.25) is 0 Å². The zero-order valence-corrected chi connectivity index (χ0v) is 8.77. The van der Waals surface area contributed by atoms with Crippen LogP contribution in [0.1, 0.15) is 11.5 Å². The lowest BCUT2D eigenvalue weighted by atomic mass is 10.4. The molecule has 1 aromatic rings. The monoisotopic (exact) mass is 197 g/mol. The van der Waals surface area contributed by atoms with Crippen LogP contribution in [0.5, 0.6) is 0 Å². The van der Waals surface area contributed by atoms with Crippen LogP contribution in [0.3, 0.4) is 0 Å². The van der Waals surface area contributed by atoms with Crippen molar-refractivity contribution in [3.05, 3.63) is 23.7 Å². The van der Waals surface area contributed by atoms with Gasteiger partial charge in [0.25, 0.3) is 0 Å². The highest BCUT2D eigenvalue weighted by atomic mass is 32.2. The molecule has 0 bridgehead atoms. The number of thioether (sulfide) groups is 1. The van der Waals surface area contributed by atoms with Crippen LogP contribution < -0.4 is 0 Å². The summed E-state index contributed by atoms with van der Waals surface area (Å²) >= 11 is 2.04. The largest absolute Gasteiger partial charge is 0.465 e. The molecule has 0 atom stereocenters. The predicted molar refractivity (Wildman–Crippen MR) is 56.0 cm³/mol. The van der Waals surface area contributed by atoms with E-state index in [1.54, 1.807) is 0 Å². The van der Waals surface area contributed by atoms with Gasteiger partial charge in [0.15, 0.2) is 0 Å². The molecule has 1 fully saturated rings. The van der Waals surface area contributed by atoms with E-state index in [0.29, 0.717) is 0 Å². The van der Waals surface area contributed by atoms with Gasteiger partial charge in [-0.05, 0) is 19.1 Å². The average molecular weight is 197 g/mol. The number of nitrogens with zero attached hydrogens (tertiary/aromatic N) is 1. The summed E-state index contributed by atoms with van der Waals surface area (Å²) in [5.74, 6) is 4.64. The van der Waals surface area contributed by atoms with Crippen LogP contribution in [0.15, 0.2) is 16.5 Å². The Labute approximate surface area is 83.3 Å². The van der Waals surface area contributed by atoms with Crippen molar-refractivity contribution >= 4 is 11.8 Å². The molecule has 0 aromatic carbocycles. The zero-order chi connectivity index (χ0) is 9.10. The molecule has 0 spiro atoms. The normalized spacial score (nSPS) is 19.2. The molecule has 0 radical (unpaired) electrons. The van der Waals surface area contributed by atoms with E-state index in [-0.39, 0.29) is 0 Å². The van der Waals surface area contributed by atoms with Crippen molar-refractivity contribution in [2.45, 2.75) is 13.5 Å². The lowest BCUT2D eigenvalue weighted by Crippen LogP contribution is -2.31. The third-order valence-electron chi connectivity index (χ3n) is 2.28. The van der Waals surface area contributed by atoms with E-state index in [1.807, 2.05) is 24.8 Å². The Balaban J connectivity index is 1.89. The third kappa shape index (κ3) is 2.51. The van der Waals surface area contributed by atoms with Gasteiger partial charge in [-0.25, -0.2) is 0 Å². The topological polar surface area (TPSA) is 16.4 Å². The minimum Gasteiger partial charge on any atom is -0.465 e. The Morgan fingerprint density at radius 3 is 2.77 bits per heavy atom. The molecule has 0 saturated carbocycles. The van der Waals surface area contributed by atoms with E-state index >= 15 is 0 Å². The van der Waals surface area contributed by atoms with Gasteiger partial charge in [-0.15, -0.1) is 0 Å². The number of furan rings is 1. The first-order chi connectivity index (χ1) is 6.34. The first-order valence-corrected chi connectivity index (χ1v) is 5.85. The van der Waals surface area contributed by atoms with Crippen LogP contribution in [-0.4, -0.2) is 29.5 Å². The summed E-state index contributed by atoms with van der Waals surface area (Å²) in [7, 11) is 0. The Hall–Kier alpha value is -0.410. The fourth-order valence-electron chi connectivity index (χ4n) is 1.55. The summed E-state index contributed by atoms with van der Waals surface area (Å²) in [5, 5.41) is 0. The molecule has 13 heavy (non-hydrogen) atoms. The molecule has 0 aliphatic carbocycles. The Kier molecular flexibility index (Phi) is 2.96. The molecule has 1 aliphatic rings. The summed E-state index contributed by atoms with van der Waals surface area (Å²) in [4.78, 5) is 2.45. The maximum absolute atomic E-state index is 5.54. The quantitative estimate of drug-likeness (QED) is 0.722. The van der Waals surface area contributed by atoms with Gasteiger partial charge in [0.1, 0.15) is 11.5 Å². The molecule has 72 valence electrons. The minimum atomic E-state index is 0.981. The van der Waals surface area contributed by atoms with Crippen LogP contribution in [-0.2, 0) is 6.54 Å². The molecule has 3 heteroatoms. The van der Waals surface area contributed by atoms with E-state index in [2.05, 4.69) is 11.0 Å². The minimum absolute atomic E-state index is 0.981. The second kappa shape index (κ2) is 4.20. The average Bonchev–Trinajstić information content (AvgIpc) is 2.53. The number of hydrogen-bond acceptors (Lipinski definition) is 3. The van der Waals surface area contributed by atoms with Crippen molar-refractivity contribution in [2.75, 3.05) is 24.6 Å².